The number of nitrogens with zero attached hydrogens (tertiary/aromatic N) is 3. The number of rotatable bonds is 7. The smallest absolute Gasteiger partial charge is 0.282 e. The van der Waals surface area contributed by atoms with Crippen LogP contribution >= 0.6 is 0 Å². The molecule has 0 bridgehead atoms. The van der Waals surface area contributed by atoms with Crippen molar-refractivity contribution >= 4 is 17.3 Å². The molecule has 0 saturated heterocycles. The quantitative estimate of drug-likeness (QED) is 0.389. The van der Waals surface area contributed by atoms with Crippen molar-refractivity contribution < 1.29 is 23.2 Å². The standard InChI is InChI=1S/C22H22F2N4O4/c1-12-5-13(2)15(4)20(6-12)32-18-9-16(8-17(10-18)28(30)31)25-21(29)11-27-14(3)7-19(26-27)22(23)24/h5-10,22H,11H2,1-4H3,(H,25,29). The number of nitro benzene ring substituents is 1. The second-order valence-electron chi connectivity index (χ2n) is 7.50. The molecule has 0 saturated carbocycles. The zero-order chi connectivity index (χ0) is 23.6. The van der Waals surface area contributed by atoms with Gasteiger partial charge in [-0.15, -0.1) is 0 Å². The summed E-state index contributed by atoms with van der Waals surface area (Å²) in [6.07, 6.45) is -2.75. The van der Waals surface area contributed by atoms with Crippen LogP contribution in [0.3, 0.4) is 0 Å². The SMILES string of the molecule is Cc1cc(C)c(C)c(Oc2cc(NC(=O)Cn3nc(C(F)F)cc3C)cc([N+](=O)[O-])c2)c1. The fourth-order valence-corrected chi connectivity index (χ4v) is 3.19. The van der Waals surface area contributed by atoms with Crippen molar-refractivity contribution in [2.45, 2.75) is 40.7 Å². The fraction of sp³-hybridized carbons (Fsp3) is 0.273. The molecule has 168 valence electrons. The van der Waals surface area contributed by atoms with Crippen LogP contribution in [0.1, 0.15) is 34.5 Å². The molecule has 1 heterocycles. The van der Waals surface area contributed by atoms with Gasteiger partial charge in [-0.1, -0.05) is 6.07 Å². The normalized spacial score (nSPS) is 11.0. The number of non-ortho nitro benzene ring substituents is 1. The molecule has 0 aliphatic heterocycles. The molecular formula is C22H22F2N4O4. The second kappa shape index (κ2) is 9.13. The summed E-state index contributed by atoms with van der Waals surface area (Å²) >= 11 is 0. The molecule has 1 N–H and O–H groups in total. The molecule has 8 nitrogen and oxygen atoms in total. The Morgan fingerprint density at radius 1 is 1.16 bits per heavy atom. The number of nitrogens with one attached hydrogen (secondary N) is 1. The Labute approximate surface area is 183 Å². The van der Waals surface area contributed by atoms with Gasteiger partial charge in [-0.25, -0.2) is 8.78 Å². The zero-order valence-corrected chi connectivity index (χ0v) is 18.0. The van der Waals surface area contributed by atoms with E-state index in [1.54, 1.807) is 6.92 Å². The number of nitro groups is 1. The number of aryl methyl sites for hydroxylation is 3. The molecular weight excluding hydrogens is 422 g/mol. The van der Waals surface area contributed by atoms with Gasteiger partial charge in [0.25, 0.3) is 12.1 Å². The van der Waals surface area contributed by atoms with E-state index in [0.717, 1.165) is 21.4 Å². The number of carbonyl (C=O) groups is 1. The van der Waals surface area contributed by atoms with Crippen LogP contribution in [0.25, 0.3) is 0 Å². The third-order valence-corrected chi connectivity index (χ3v) is 4.89. The lowest BCUT2D eigenvalue weighted by atomic mass is 10.1. The Morgan fingerprint density at radius 3 is 2.50 bits per heavy atom. The number of carbonyl (C=O) groups excluding carboxylic acids is 1. The predicted octanol–water partition coefficient (Wildman–Crippen LogP) is 5.39. The minimum Gasteiger partial charge on any atom is -0.457 e. The van der Waals surface area contributed by atoms with Gasteiger partial charge in [-0.3, -0.25) is 19.6 Å². The Balaban J connectivity index is 1.85. The highest BCUT2D eigenvalue weighted by Gasteiger charge is 2.17. The number of ether oxygens (including phenoxy) is 1. The molecule has 2 aromatic carbocycles. The molecule has 0 radical (unpaired) electrons. The van der Waals surface area contributed by atoms with Crippen molar-refractivity contribution in [1.29, 1.82) is 0 Å². The monoisotopic (exact) mass is 444 g/mol. The van der Waals surface area contributed by atoms with Gasteiger partial charge < -0.3 is 10.1 Å². The van der Waals surface area contributed by atoms with Crippen LogP contribution in [0.4, 0.5) is 20.2 Å². The molecule has 3 aromatic rings. The van der Waals surface area contributed by atoms with E-state index < -0.39 is 22.9 Å². The van der Waals surface area contributed by atoms with Crippen molar-refractivity contribution in [3.05, 3.63) is 74.6 Å². The van der Waals surface area contributed by atoms with Gasteiger partial charge in [0.1, 0.15) is 23.7 Å². The molecule has 0 aliphatic rings. The van der Waals surface area contributed by atoms with E-state index in [2.05, 4.69) is 10.4 Å². The minimum atomic E-state index is -2.75. The topological polar surface area (TPSA) is 99.3 Å². The van der Waals surface area contributed by atoms with Crippen LogP contribution in [-0.2, 0) is 11.3 Å². The Kier molecular flexibility index (Phi) is 6.52. The molecule has 0 aliphatic carbocycles. The van der Waals surface area contributed by atoms with Crippen molar-refractivity contribution in [2.75, 3.05) is 5.32 Å². The fourth-order valence-electron chi connectivity index (χ4n) is 3.19. The first-order valence-electron chi connectivity index (χ1n) is 9.71. The van der Waals surface area contributed by atoms with Crippen molar-refractivity contribution in [1.82, 2.24) is 9.78 Å². The van der Waals surface area contributed by atoms with E-state index in [1.165, 1.54) is 24.3 Å². The number of hydrogen-bond donors (Lipinski definition) is 1. The molecule has 0 atom stereocenters. The molecule has 1 aromatic heterocycles. The largest absolute Gasteiger partial charge is 0.457 e. The van der Waals surface area contributed by atoms with Gasteiger partial charge in [0.2, 0.25) is 5.91 Å². The number of hydrogen-bond acceptors (Lipinski definition) is 5. The van der Waals surface area contributed by atoms with Gasteiger partial charge in [0.05, 0.1) is 16.7 Å². The first-order chi connectivity index (χ1) is 15.0. The third kappa shape index (κ3) is 5.26. The Bertz CT molecular complexity index is 1190. The number of anilines is 1. The van der Waals surface area contributed by atoms with Gasteiger partial charge in [0, 0.05) is 17.8 Å². The van der Waals surface area contributed by atoms with Gasteiger partial charge in [0.15, 0.2) is 0 Å². The molecule has 0 fully saturated rings. The number of halogens is 2. The predicted molar refractivity (Wildman–Crippen MR) is 114 cm³/mol. The van der Waals surface area contributed by atoms with Crippen LogP contribution in [0, 0.1) is 37.8 Å². The first-order valence-corrected chi connectivity index (χ1v) is 9.71. The summed E-state index contributed by atoms with van der Waals surface area (Å²) in [4.78, 5) is 23.2. The first kappa shape index (κ1) is 22.9. The summed E-state index contributed by atoms with van der Waals surface area (Å²) < 4.78 is 32.7. The molecule has 1 amide bonds. The van der Waals surface area contributed by atoms with Crippen LogP contribution in [0.15, 0.2) is 36.4 Å². The van der Waals surface area contributed by atoms with E-state index in [1.807, 2.05) is 32.9 Å². The summed E-state index contributed by atoms with van der Waals surface area (Å²) in [7, 11) is 0. The summed E-state index contributed by atoms with van der Waals surface area (Å²) in [6.45, 7) is 6.95. The lowest BCUT2D eigenvalue weighted by Gasteiger charge is -2.13. The summed E-state index contributed by atoms with van der Waals surface area (Å²) in [5, 5.41) is 17.6. The van der Waals surface area contributed by atoms with Gasteiger partial charge in [-0.05, 0) is 56.5 Å². The van der Waals surface area contributed by atoms with Crippen LogP contribution in [0.2, 0.25) is 0 Å². The molecule has 0 spiro atoms. The zero-order valence-electron chi connectivity index (χ0n) is 18.0. The van der Waals surface area contributed by atoms with Gasteiger partial charge in [-0.2, -0.15) is 5.10 Å². The van der Waals surface area contributed by atoms with E-state index in [0.29, 0.717) is 11.4 Å². The summed E-state index contributed by atoms with van der Waals surface area (Å²) in [5.74, 6) is 0.149. The highest BCUT2D eigenvalue weighted by atomic mass is 19.3. The number of aromatic nitrogens is 2. The maximum Gasteiger partial charge on any atom is 0.282 e. The molecule has 0 unspecified atom stereocenters. The average Bonchev–Trinajstić information content (AvgIpc) is 3.06. The summed E-state index contributed by atoms with van der Waals surface area (Å²) in [6, 6.07) is 8.93. The van der Waals surface area contributed by atoms with Crippen molar-refractivity contribution in [2.24, 2.45) is 0 Å². The highest BCUT2D eigenvalue weighted by Crippen LogP contribution is 2.33. The van der Waals surface area contributed by atoms with Crippen molar-refractivity contribution in [3.8, 4) is 11.5 Å². The maximum absolute atomic E-state index is 12.8. The van der Waals surface area contributed by atoms with Crippen LogP contribution in [0.5, 0.6) is 11.5 Å². The Hall–Kier alpha value is -3.82. The molecule has 3 rings (SSSR count). The number of amides is 1. The molecule has 32 heavy (non-hydrogen) atoms. The minimum absolute atomic E-state index is 0.139. The highest BCUT2D eigenvalue weighted by molar-refractivity contribution is 5.91. The summed E-state index contributed by atoms with van der Waals surface area (Å²) in [5.41, 5.74) is 2.71. The lowest BCUT2D eigenvalue weighted by molar-refractivity contribution is -0.384. The molecule has 10 heteroatoms. The van der Waals surface area contributed by atoms with Crippen LogP contribution in [-0.4, -0.2) is 20.6 Å². The Morgan fingerprint density at radius 2 is 1.88 bits per heavy atom. The van der Waals surface area contributed by atoms with Crippen molar-refractivity contribution in [3.63, 3.8) is 0 Å². The van der Waals surface area contributed by atoms with E-state index in [9.17, 15) is 23.7 Å². The van der Waals surface area contributed by atoms with Gasteiger partial charge >= 0.3 is 0 Å². The van der Waals surface area contributed by atoms with E-state index in [-0.39, 0.29) is 23.7 Å². The van der Waals surface area contributed by atoms with E-state index in [4.69, 9.17) is 4.74 Å². The van der Waals surface area contributed by atoms with Crippen LogP contribution < -0.4 is 10.1 Å². The number of alkyl halides is 2. The lowest BCUT2D eigenvalue weighted by Crippen LogP contribution is -2.20. The van der Waals surface area contributed by atoms with E-state index >= 15 is 0 Å². The average molecular weight is 444 g/mol. The second-order valence-corrected chi connectivity index (χ2v) is 7.50. The maximum atomic E-state index is 12.8. The number of benzene rings is 2. The third-order valence-electron chi connectivity index (χ3n) is 4.89.